The van der Waals surface area contributed by atoms with Crippen LogP contribution in [0.15, 0.2) is 58.7 Å². The summed E-state index contributed by atoms with van der Waals surface area (Å²) in [5, 5.41) is 18.0. The minimum atomic E-state index is -0.419. The third-order valence-electron chi connectivity index (χ3n) is 4.39. The summed E-state index contributed by atoms with van der Waals surface area (Å²) in [6.45, 7) is 2.01. The Morgan fingerprint density at radius 3 is 2.87 bits per heavy atom. The summed E-state index contributed by atoms with van der Waals surface area (Å²) in [7, 11) is 0. The van der Waals surface area contributed by atoms with Crippen molar-refractivity contribution < 1.29 is 14.5 Å². The Morgan fingerprint density at radius 1 is 1.23 bits per heavy atom. The molecule has 0 saturated carbocycles. The lowest BCUT2D eigenvalue weighted by molar-refractivity contribution is -0.385. The number of nitrogens with one attached hydrogen (secondary N) is 1. The van der Waals surface area contributed by atoms with E-state index < -0.39 is 4.92 Å². The second-order valence-corrected chi connectivity index (χ2v) is 8.12. The monoisotopic (exact) mass is 452 g/mol. The van der Waals surface area contributed by atoms with Gasteiger partial charge in [0, 0.05) is 33.5 Å². The standard InChI is InChI=1S/C21H16N4O4S2/c1-13-5-6-14(8-19(13)25(27)28)18-11-31-21(23-18)24-20(26)15-3-2-4-17(7-15)29-9-16-10-30-12-22-16/h2-8,10-12H,9H2,1H3,(H,23,24,26). The van der Waals surface area contributed by atoms with Gasteiger partial charge < -0.3 is 4.74 Å². The Bertz CT molecular complexity index is 1240. The van der Waals surface area contributed by atoms with Gasteiger partial charge in [-0.3, -0.25) is 20.2 Å². The van der Waals surface area contributed by atoms with E-state index in [1.807, 2.05) is 5.38 Å². The lowest BCUT2D eigenvalue weighted by atomic mass is 10.1. The van der Waals surface area contributed by atoms with Crippen LogP contribution in [0, 0.1) is 17.0 Å². The Balaban J connectivity index is 1.45. The fraction of sp³-hybridized carbons (Fsp3) is 0.0952. The van der Waals surface area contributed by atoms with Crippen molar-refractivity contribution in [2.24, 2.45) is 0 Å². The number of carbonyl (C=O) groups excluding carboxylic acids is 1. The summed E-state index contributed by atoms with van der Waals surface area (Å²) in [6.07, 6.45) is 0. The molecule has 31 heavy (non-hydrogen) atoms. The van der Waals surface area contributed by atoms with Gasteiger partial charge in [0.2, 0.25) is 0 Å². The molecule has 0 spiro atoms. The number of hydrogen-bond acceptors (Lipinski definition) is 8. The van der Waals surface area contributed by atoms with E-state index in [9.17, 15) is 14.9 Å². The van der Waals surface area contributed by atoms with Gasteiger partial charge in [0.1, 0.15) is 12.4 Å². The van der Waals surface area contributed by atoms with Crippen LogP contribution in [-0.2, 0) is 6.61 Å². The number of carbonyl (C=O) groups is 1. The summed E-state index contributed by atoms with van der Waals surface area (Å²) in [4.78, 5) is 31.9. The van der Waals surface area contributed by atoms with Crippen molar-refractivity contribution in [2.75, 3.05) is 5.32 Å². The van der Waals surface area contributed by atoms with E-state index in [4.69, 9.17) is 4.74 Å². The molecular weight excluding hydrogens is 436 g/mol. The molecule has 10 heteroatoms. The van der Waals surface area contributed by atoms with Crippen LogP contribution in [0.4, 0.5) is 10.8 Å². The highest BCUT2D eigenvalue weighted by atomic mass is 32.1. The molecule has 0 unspecified atom stereocenters. The van der Waals surface area contributed by atoms with Crippen molar-refractivity contribution in [2.45, 2.75) is 13.5 Å². The van der Waals surface area contributed by atoms with Crippen molar-refractivity contribution >= 4 is 39.4 Å². The number of anilines is 1. The molecule has 2 heterocycles. The molecule has 0 bridgehead atoms. The van der Waals surface area contributed by atoms with E-state index in [0.717, 1.165) is 5.69 Å². The average Bonchev–Trinajstić information content (AvgIpc) is 3.45. The molecular formula is C21H16N4O4S2. The van der Waals surface area contributed by atoms with Gasteiger partial charge in [-0.1, -0.05) is 18.2 Å². The summed E-state index contributed by atoms with van der Waals surface area (Å²) < 4.78 is 5.69. The lowest BCUT2D eigenvalue weighted by Gasteiger charge is -2.07. The number of nitro benzene ring substituents is 1. The first-order valence-electron chi connectivity index (χ1n) is 9.12. The summed E-state index contributed by atoms with van der Waals surface area (Å²) in [5.41, 5.74) is 4.78. The first-order chi connectivity index (χ1) is 15.0. The fourth-order valence-corrected chi connectivity index (χ4v) is 4.05. The zero-order valence-corrected chi connectivity index (χ0v) is 17.9. The highest BCUT2D eigenvalue weighted by Crippen LogP contribution is 2.29. The topological polar surface area (TPSA) is 107 Å². The normalized spacial score (nSPS) is 10.6. The molecule has 0 aliphatic carbocycles. The van der Waals surface area contributed by atoms with Crippen LogP contribution in [-0.4, -0.2) is 20.8 Å². The molecule has 1 N–H and O–H groups in total. The average molecular weight is 453 g/mol. The molecule has 8 nitrogen and oxygen atoms in total. The van der Waals surface area contributed by atoms with Gasteiger partial charge in [-0.2, -0.15) is 0 Å². The Kier molecular flexibility index (Phi) is 6.01. The maximum absolute atomic E-state index is 12.6. The van der Waals surface area contributed by atoms with Crippen LogP contribution < -0.4 is 10.1 Å². The third-order valence-corrected chi connectivity index (χ3v) is 5.79. The Morgan fingerprint density at radius 2 is 2.10 bits per heavy atom. The van der Waals surface area contributed by atoms with E-state index in [1.54, 1.807) is 54.2 Å². The van der Waals surface area contributed by atoms with Gasteiger partial charge in [0.25, 0.3) is 11.6 Å². The maximum Gasteiger partial charge on any atom is 0.272 e. The number of aryl methyl sites for hydroxylation is 1. The van der Waals surface area contributed by atoms with Gasteiger partial charge in [-0.15, -0.1) is 22.7 Å². The number of ether oxygens (including phenoxy) is 1. The van der Waals surface area contributed by atoms with Crippen LogP contribution in [0.5, 0.6) is 5.75 Å². The van der Waals surface area contributed by atoms with Gasteiger partial charge >= 0.3 is 0 Å². The molecule has 2 aromatic carbocycles. The summed E-state index contributed by atoms with van der Waals surface area (Å²) >= 11 is 2.74. The number of amides is 1. The van der Waals surface area contributed by atoms with Gasteiger partial charge in [0.15, 0.2) is 5.13 Å². The van der Waals surface area contributed by atoms with Gasteiger partial charge in [-0.05, 0) is 25.1 Å². The molecule has 0 atom stereocenters. The number of thiazole rings is 2. The molecule has 0 fully saturated rings. The van der Waals surface area contributed by atoms with E-state index in [1.165, 1.54) is 28.7 Å². The Labute approximate surface area is 185 Å². The molecule has 4 aromatic rings. The zero-order valence-electron chi connectivity index (χ0n) is 16.3. The van der Waals surface area contributed by atoms with Crippen molar-refractivity contribution in [3.8, 4) is 17.0 Å². The fourth-order valence-electron chi connectivity index (χ4n) is 2.79. The molecule has 0 aliphatic heterocycles. The van der Waals surface area contributed by atoms with Crippen LogP contribution in [0.25, 0.3) is 11.3 Å². The molecule has 0 saturated heterocycles. The molecule has 1 amide bonds. The second kappa shape index (κ2) is 9.02. The number of rotatable bonds is 7. The molecule has 4 rings (SSSR count). The van der Waals surface area contributed by atoms with Crippen LogP contribution >= 0.6 is 22.7 Å². The first-order valence-corrected chi connectivity index (χ1v) is 10.9. The number of nitrogens with zero attached hydrogens (tertiary/aromatic N) is 3. The van der Waals surface area contributed by atoms with E-state index in [2.05, 4.69) is 15.3 Å². The minimum Gasteiger partial charge on any atom is -0.487 e. The number of hydrogen-bond donors (Lipinski definition) is 1. The van der Waals surface area contributed by atoms with Gasteiger partial charge in [0.05, 0.1) is 21.8 Å². The molecule has 0 radical (unpaired) electrons. The van der Waals surface area contributed by atoms with E-state index in [-0.39, 0.29) is 11.6 Å². The number of nitro groups is 1. The second-order valence-electron chi connectivity index (χ2n) is 6.55. The van der Waals surface area contributed by atoms with Crippen molar-refractivity contribution in [1.82, 2.24) is 9.97 Å². The lowest BCUT2D eigenvalue weighted by Crippen LogP contribution is -2.11. The van der Waals surface area contributed by atoms with E-state index in [0.29, 0.717) is 39.9 Å². The quantitative estimate of drug-likeness (QED) is 0.301. The minimum absolute atomic E-state index is 0.0329. The predicted molar refractivity (Wildman–Crippen MR) is 120 cm³/mol. The highest BCUT2D eigenvalue weighted by molar-refractivity contribution is 7.14. The highest BCUT2D eigenvalue weighted by Gasteiger charge is 2.15. The van der Waals surface area contributed by atoms with Crippen molar-refractivity contribution in [3.63, 3.8) is 0 Å². The summed E-state index contributed by atoms with van der Waals surface area (Å²) in [6, 6.07) is 11.8. The Hall–Kier alpha value is -3.63. The van der Waals surface area contributed by atoms with E-state index >= 15 is 0 Å². The molecule has 156 valence electrons. The smallest absolute Gasteiger partial charge is 0.272 e. The van der Waals surface area contributed by atoms with Crippen molar-refractivity contribution in [3.05, 3.63) is 85.7 Å². The first kappa shape index (κ1) is 20.6. The molecule has 2 aromatic heterocycles. The largest absolute Gasteiger partial charge is 0.487 e. The van der Waals surface area contributed by atoms with Crippen LogP contribution in [0.3, 0.4) is 0 Å². The number of benzene rings is 2. The number of aromatic nitrogens is 2. The summed E-state index contributed by atoms with van der Waals surface area (Å²) in [5.74, 6) is 0.238. The third kappa shape index (κ3) is 4.93. The van der Waals surface area contributed by atoms with Gasteiger partial charge in [-0.25, -0.2) is 9.97 Å². The van der Waals surface area contributed by atoms with Crippen LogP contribution in [0.2, 0.25) is 0 Å². The maximum atomic E-state index is 12.6. The molecule has 0 aliphatic rings. The zero-order chi connectivity index (χ0) is 21.8. The van der Waals surface area contributed by atoms with Crippen molar-refractivity contribution in [1.29, 1.82) is 0 Å². The SMILES string of the molecule is Cc1ccc(-c2csc(NC(=O)c3cccc(OCc4cscn4)c3)n2)cc1[N+](=O)[O-]. The predicted octanol–water partition coefficient (Wildman–Crippen LogP) is 5.31. The van der Waals surface area contributed by atoms with Crippen LogP contribution in [0.1, 0.15) is 21.6 Å².